The van der Waals surface area contributed by atoms with Crippen molar-refractivity contribution < 1.29 is 4.79 Å². The highest BCUT2D eigenvalue weighted by molar-refractivity contribution is 7.09. The van der Waals surface area contributed by atoms with Crippen LogP contribution in [0.15, 0.2) is 17.5 Å². The van der Waals surface area contributed by atoms with Gasteiger partial charge in [0.1, 0.15) is 0 Å². The Morgan fingerprint density at radius 2 is 2.58 bits per heavy atom. The first-order valence-corrected chi connectivity index (χ1v) is 4.61. The molecule has 0 radical (unpaired) electrons. The predicted molar refractivity (Wildman–Crippen MR) is 50.1 cm³/mol. The maximum atomic E-state index is 11.0. The first-order valence-electron chi connectivity index (χ1n) is 3.73. The van der Waals surface area contributed by atoms with Crippen molar-refractivity contribution in [3.8, 4) is 0 Å². The van der Waals surface area contributed by atoms with Crippen LogP contribution in [0.4, 0.5) is 0 Å². The lowest BCUT2D eigenvalue weighted by atomic mass is 10.2. The molecule has 0 fully saturated rings. The third-order valence-electron chi connectivity index (χ3n) is 1.58. The molecule has 0 saturated carbocycles. The molecule has 66 valence electrons. The maximum Gasteiger partial charge on any atom is 0.237 e. The minimum Gasteiger partial charge on any atom is -0.358 e. The molecule has 1 rings (SSSR count). The molecule has 0 aromatic carbocycles. The molecule has 0 aliphatic carbocycles. The summed E-state index contributed by atoms with van der Waals surface area (Å²) < 4.78 is 0. The average molecular weight is 184 g/mol. The molecule has 0 bridgehead atoms. The number of likely N-dealkylation sites (N-methyl/N-ethyl adjacent to an activating group) is 1. The second-order valence-corrected chi connectivity index (χ2v) is 3.54. The Bertz CT molecular complexity index is 246. The van der Waals surface area contributed by atoms with Gasteiger partial charge in [-0.25, -0.2) is 0 Å². The molecular weight excluding hydrogens is 172 g/mol. The number of nitrogens with one attached hydrogen (secondary N) is 1. The molecule has 1 heterocycles. The molecule has 0 spiro atoms. The minimum absolute atomic E-state index is 0.108. The Hall–Kier alpha value is -0.870. The molecule has 3 nitrogen and oxygen atoms in total. The lowest BCUT2D eigenvalue weighted by Gasteiger charge is -2.07. The van der Waals surface area contributed by atoms with Crippen LogP contribution in [0.25, 0.3) is 0 Å². The molecule has 12 heavy (non-hydrogen) atoms. The summed E-state index contributed by atoms with van der Waals surface area (Å²) in [5, 5.41) is 4.50. The predicted octanol–water partition coefficient (Wildman–Crippen LogP) is 0.364. The Morgan fingerprint density at radius 1 is 1.83 bits per heavy atom. The molecule has 0 unspecified atom stereocenters. The summed E-state index contributed by atoms with van der Waals surface area (Å²) in [5.41, 5.74) is 5.61. The van der Waals surface area contributed by atoms with E-state index < -0.39 is 6.04 Å². The molecule has 3 N–H and O–H groups in total. The number of amides is 1. The monoisotopic (exact) mass is 184 g/mol. The zero-order valence-electron chi connectivity index (χ0n) is 6.91. The van der Waals surface area contributed by atoms with Gasteiger partial charge in [-0.2, -0.15) is 0 Å². The van der Waals surface area contributed by atoms with Gasteiger partial charge in [0.05, 0.1) is 6.04 Å². The van der Waals surface area contributed by atoms with Crippen LogP contribution in [-0.4, -0.2) is 19.0 Å². The van der Waals surface area contributed by atoms with Crippen LogP contribution < -0.4 is 11.1 Å². The number of carbonyl (C=O) groups excluding carboxylic acids is 1. The van der Waals surface area contributed by atoms with Gasteiger partial charge in [0, 0.05) is 18.3 Å². The molecule has 1 amide bonds. The highest BCUT2D eigenvalue weighted by Gasteiger charge is 2.11. The fraction of sp³-hybridized carbons (Fsp3) is 0.375. The Labute approximate surface area is 75.6 Å². The minimum atomic E-state index is -0.423. The summed E-state index contributed by atoms with van der Waals surface area (Å²) in [4.78, 5) is 12.2. The van der Waals surface area contributed by atoms with E-state index in [1.54, 1.807) is 18.4 Å². The Morgan fingerprint density at radius 3 is 3.08 bits per heavy atom. The van der Waals surface area contributed by atoms with Crippen LogP contribution in [0.5, 0.6) is 0 Å². The zero-order valence-corrected chi connectivity index (χ0v) is 7.73. The maximum absolute atomic E-state index is 11.0. The van der Waals surface area contributed by atoms with Crippen molar-refractivity contribution in [1.29, 1.82) is 0 Å². The van der Waals surface area contributed by atoms with Crippen molar-refractivity contribution in [3.63, 3.8) is 0 Å². The van der Waals surface area contributed by atoms with Crippen LogP contribution in [0, 0.1) is 0 Å². The summed E-state index contributed by atoms with van der Waals surface area (Å²) in [5.74, 6) is -0.108. The quantitative estimate of drug-likeness (QED) is 0.713. The van der Waals surface area contributed by atoms with Gasteiger partial charge in [0.15, 0.2) is 0 Å². The molecule has 0 saturated heterocycles. The van der Waals surface area contributed by atoms with Gasteiger partial charge in [-0.15, -0.1) is 11.3 Å². The summed E-state index contributed by atoms with van der Waals surface area (Å²) in [6, 6.07) is 3.51. The Balaban J connectivity index is 2.47. The number of nitrogens with two attached hydrogens (primary N) is 1. The van der Waals surface area contributed by atoms with Crippen molar-refractivity contribution in [2.24, 2.45) is 5.73 Å². The molecule has 1 aromatic heterocycles. The van der Waals surface area contributed by atoms with Crippen molar-refractivity contribution in [1.82, 2.24) is 5.32 Å². The van der Waals surface area contributed by atoms with E-state index in [1.807, 2.05) is 17.5 Å². The fourth-order valence-electron chi connectivity index (χ4n) is 0.924. The van der Waals surface area contributed by atoms with Crippen LogP contribution in [-0.2, 0) is 11.2 Å². The molecule has 0 aliphatic rings. The van der Waals surface area contributed by atoms with E-state index in [-0.39, 0.29) is 5.91 Å². The number of rotatable bonds is 3. The van der Waals surface area contributed by atoms with Crippen LogP contribution in [0.3, 0.4) is 0 Å². The third-order valence-corrected chi connectivity index (χ3v) is 2.48. The first kappa shape index (κ1) is 9.22. The lowest BCUT2D eigenvalue weighted by molar-refractivity contribution is -0.121. The molecule has 4 heteroatoms. The van der Waals surface area contributed by atoms with Crippen molar-refractivity contribution in [3.05, 3.63) is 22.4 Å². The fourth-order valence-corrected chi connectivity index (χ4v) is 1.69. The number of carbonyl (C=O) groups is 1. The summed E-state index contributed by atoms with van der Waals surface area (Å²) in [7, 11) is 1.59. The summed E-state index contributed by atoms with van der Waals surface area (Å²) in [6.45, 7) is 0. The second kappa shape index (κ2) is 4.23. The summed E-state index contributed by atoms with van der Waals surface area (Å²) >= 11 is 1.62. The van der Waals surface area contributed by atoms with Gasteiger partial charge in [0.25, 0.3) is 0 Å². The van der Waals surface area contributed by atoms with Gasteiger partial charge < -0.3 is 11.1 Å². The number of hydrogen-bond acceptors (Lipinski definition) is 3. The van der Waals surface area contributed by atoms with Crippen molar-refractivity contribution in [2.45, 2.75) is 12.5 Å². The zero-order chi connectivity index (χ0) is 8.97. The van der Waals surface area contributed by atoms with E-state index >= 15 is 0 Å². The molecular formula is C8H12N2OS. The summed E-state index contributed by atoms with van der Waals surface area (Å²) in [6.07, 6.45) is 0.622. The average Bonchev–Trinajstić information content (AvgIpc) is 2.55. The van der Waals surface area contributed by atoms with Crippen molar-refractivity contribution >= 4 is 17.2 Å². The van der Waals surface area contributed by atoms with E-state index in [0.717, 1.165) is 4.88 Å². The molecule has 1 atom stereocenters. The third kappa shape index (κ3) is 2.32. The van der Waals surface area contributed by atoms with E-state index in [4.69, 9.17) is 5.73 Å². The van der Waals surface area contributed by atoms with Gasteiger partial charge in [-0.1, -0.05) is 6.07 Å². The standard InChI is InChI=1S/C8H12N2OS/c1-10-8(11)7(9)5-6-3-2-4-12-6/h2-4,7H,5,9H2,1H3,(H,10,11)/t7-/m1/s1. The van der Waals surface area contributed by atoms with Crippen LogP contribution >= 0.6 is 11.3 Å². The highest BCUT2D eigenvalue weighted by atomic mass is 32.1. The first-order chi connectivity index (χ1) is 5.74. The topological polar surface area (TPSA) is 55.1 Å². The lowest BCUT2D eigenvalue weighted by Crippen LogP contribution is -2.40. The van der Waals surface area contributed by atoms with Crippen molar-refractivity contribution in [2.75, 3.05) is 7.05 Å². The van der Waals surface area contributed by atoms with Gasteiger partial charge in [-0.3, -0.25) is 4.79 Å². The number of thiophene rings is 1. The largest absolute Gasteiger partial charge is 0.358 e. The number of hydrogen-bond donors (Lipinski definition) is 2. The van der Waals surface area contributed by atoms with Gasteiger partial charge in [0.2, 0.25) is 5.91 Å². The van der Waals surface area contributed by atoms with Crippen LogP contribution in [0.2, 0.25) is 0 Å². The second-order valence-electron chi connectivity index (χ2n) is 2.50. The highest BCUT2D eigenvalue weighted by Crippen LogP contribution is 2.10. The Kier molecular flexibility index (Phi) is 3.25. The van der Waals surface area contributed by atoms with E-state index in [9.17, 15) is 4.79 Å². The van der Waals surface area contributed by atoms with E-state index in [0.29, 0.717) is 6.42 Å². The molecule has 0 aliphatic heterocycles. The van der Waals surface area contributed by atoms with Gasteiger partial charge in [-0.05, 0) is 11.4 Å². The van der Waals surface area contributed by atoms with Gasteiger partial charge >= 0.3 is 0 Å². The molecule has 1 aromatic rings. The van der Waals surface area contributed by atoms with Crippen LogP contribution in [0.1, 0.15) is 4.88 Å². The smallest absolute Gasteiger partial charge is 0.237 e. The SMILES string of the molecule is CNC(=O)[C@H](N)Cc1cccs1. The normalized spacial score (nSPS) is 12.5. The van der Waals surface area contributed by atoms with E-state index in [2.05, 4.69) is 5.32 Å². The van der Waals surface area contributed by atoms with E-state index in [1.165, 1.54) is 0 Å².